The number of halogens is 1. The first-order chi connectivity index (χ1) is 6.75. The maximum absolute atomic E-state index is 9.05. The van der Waals surface area contributed by atoms with Crippen molar-refractivity contribution in [2.45, 2.75) is 6.42 Å². The van der Waals surface area contributed by atoms with Gasteiger partial charge >= 0.3 is 0 Å². The Hall–Kier alpha value is -1.48. The molecule has 0 amide bonds. The summed E-state index contributed by atoms with van der Waals surface area (Å²) in [6.45, 7) is 0. The van der Waals surface area contributed by atoms with Crippen LogP contribution in [0.2, 0.25) is 5.02 Å². The van der Waals surface area contributed by atoms with E-state index in [1.54, 1.807) is 0 Å². The fraction of sp³-hybridized carbons (Fsp3) is 0.100. The first-order valence-corrected chi connectivity index (χ1v) is 4.60. The summed E-state index contributed by atoms with van der Waals surface area (Å²) in [5, 5.41) is 9.76. The van der Waals surface area contributed by atoms with Gasteiger partial charge in [0.25, 0.3) is 0 Å². The number of nitrogens with zero attached hydrogens (tertiary/aromatic N) is 1. The predicted molar refractivity (Wildman–Crippen MR) is 54.5 cm³/mol. The van der Waals surface area contributed by atoms with Gasteiger partial charge in [-0.2, -0.15) is 0 Å². The quantitative estimate of drug-likeness (QED) is 0.796. The number of imidazole rings is 1. The summed E-state index contributed by atoms with van der Waals surface area (Å²) < 4.78 is 0. The van der Waals surface area contributed by atoms with Crippen LogP contribution in [0.3, 0.4) is 0 Å². The van der Waals surface area contributed by atoms with E-state index in [9.17, 15) is 0 Å². The Morgan fingerprint density at radius 3 is 2.79 bits per heavy atom. The van der Waals surface area contributed by atoms with Crippen LogP contribution in [0.1, 0.15) is 11.4 Å². The Bertz CT molecular complexity index is 439. The van der Waals surface area contributed by atoms with Gasteiger partial charge in [-0.1, -0.05) is 29.8 Å². The lowest BCUT2D eigenvalue weighted by Gasteiger charge is -2.00. The van der Waals surface area contributed by atoms with Crippen molar-refractivity contribution in [3.05, 3.63) is 46.9 Å². The minimum Gasteiger partial charge on any atom is -0.493 e. The van der Waals surface area contributed by atoms with Crippen LogP contribution in [0.5, 0.6) is 5.88 Å². The van der Waals surface area contributed by atoms with Gasteiger partial charge in [0.05, 0.1) is 6.20 Å². The van der Waals surface area contributed by atoms with Crippen LogP contribution in [0.15, 0.2) is 30.5 Å². The van der Waals surface area contributed by atoms with Gasteiger partial charge in [0.15, 0.2) is 0 Å². The van der Waals surface area contributed by atoms with Crippen LogP contribution in [-0.2, 0) is 6.42 Å². The van der Waals surface area contributed by atoms with E-state index in [1.807, 2.05) is 24.3 Å². The van der Waals surface area contributed by atoms with Crippen LogP contribution < -0.4 is 0 Å². The second-order valence-corrected chi connectivity index (χ2v) is 3.39. The van der Waals surface area contributed by atoms with Crippen LogP contribution in [-0.4, -0.2) is 15.1 Å². The van der Waals surface area contributed by atoms with Crippen LogP contribution >= 0.6 is 11.6 Å². The molecule has 0 unspecified atom stereocenters. The van der Waals surface area contributed by atoms with Gasteiger partial charge in [0, 0.05) is 11.4 Å². The minimum atomic E-state index is 0.0760. The molecule has 0 atom stereocenters. The lowest BCUT2D eigenvalue weighted by molar-refractivity contribution is 0.455. The third-order valence-electron chi connectivity index (χ3n) is 1.93. The molecule has 0 aliphatic rings. The van der Waals surface area contributed by atoms with Crippen molar-refractivity contribution >= 4 is 11.6 Å². The van der Waals surface area contributed by atoms with Crippen molar-refractivity contribution in [3.63, 3.8) is 0 Å². The average Bonchev–Trinajstić information content (AvgIpc) is 2.56. The molecule has 72 valence electrons. The highest BCUT2D eigenvalue weighted by Crippen LogP contribution is 2.18. The summed E-state index contributed by atoms with van der Waals surface area (Å²) in [6, 6.07) is 7.57. The largest absolute Gasteiger partial charge is 0.493 e. The molecule has 3 nitrogen and oxygen atoms in total. The van der Waals surface area contributed by atoms with Crippen molar-refractivity contribution in [1.82, 2.24) is 9.97 Å². The molecule has 1 aromatic carbocycles. The summed E-state index contributed by atoms with van der Waals surface area (Å²) >= 11 is 5.98. The predicted octanol–water partition coefficient (Wildman–Crippen LogP) is 2.36. The van der Waals surface area contributed by atoms with Gasteiger partial charge in [-0.05, 0) is 11.6 Å². The highest BCUT2D eigenvalue weighted by atomic mass is 35.5. The van der Waals surface area contributed by atoms with Gasteiger partial charge in [0.2, 0.25) is 5.88 Å². The summed E-state index contributed by atoms with van der Waals surface area (Å²) in [7, 11) is 0. The molecule has 1 heterocycles. The maximum atomic E-state index is 9.05. The topological polar surface area (TPSA) is 48.9 Å². The van der Waals surface area contributed by atoms with Crippen molar-refractivity contribution in [2.24, 2.45) is 0 Å². The lowest BCUT2D eigenvalue weighted by atomic mass is 10.1. The minimum absolute atomic E-state index is 0.0760. The number of hydrogen-bond acceptors (Lipinski definition) is 2. The summed E-state index contributed by atoms with van der Waals surface area (Å²) in [6.07, 6.45) is 1.98. The van der Waals surface area contributed by atoms with Gasteiger partial charge < -0.3 is 10.1 Å². The molecule has 1 aromatic heterocycles. The molecule has 0 aliphatic carbocycles. The third-order valence-corrected chi connectivity index (χ3v) is 2.30. The molecule has 0 saturated carbocycles. The van der Waals surface area contributed by atoms with Crippen LogP contribution in [0.25, 0.3) is 0 Å². The molecular weight excluding hydrogens is 200 g/mol. The number of hydrogen-bond donors (Lipinski definition) is 2. The number of nitrogens with one attached hydrogen (secondary N) is 1. The molecule has 4 heteroatoms. The SMILES string of the molecule is Oc1cnc(Cc2ccccc2Cl)[nH]1. The van der Waals surface area contributed by atoms with Crippen molar-refractivity contribution < 1.29 is 5.11 Å². The molecule has 2 aromatic rings. The molecule has 2 rings (SSSR count). The van der Waals surface area contributed by atoms with E-state index in [4.69, 9.17) is 16.7 Å². The number of H-pyrrole nitrogens is 1. The van der Waals surface area contributed by atoms with E-state index in [-0.39, 0.29) is 5.88 Å². The van der Waals surface area contributed by atoms with Gasteiger partial charge in [-0.3, -0.25) is 0 Å². The van der Waals surface area contributed by atoms with Gasteiger partial charge in [-0.15, -0.1) is 0 Å². The van der Waals surface area contributed by atoms with E-state index in [0.717, 1.165) is 5.56 Å². The fourth-order valence-electron chi connectivity index (χ4n) is 1.26. The Morgan fingerprint density at radius 2 is 2.14 bits per heavy atom. The highest BCUT2D eigenvalue weighted by Gasteiger charge is 2.03. The maximum Gasteiger partial charge on any atom is 0.208 e. The van der Waals surface area contributed by atoms with Gasteiger partial charge in [-0.25, -0.2) is 4.98 Å². The Balaban J connectivity index is 2.23. The molecule has 0 fully saturated rings. The Kier molecular flexibility index (Phi) is 2.41. The molecule has 2 N–H and O–H groups in total. The number of rotatable bonds is 2. The Morgan fingerprint density at radius 1 is 1.36 bits per heavy atom. The highest BCUT2D eigenvalue weighted by molar-refractivity contribution is 6.31. The second kappa shape index (κ2) is 3.72. The smallest absolute Gasteiger partial charge is 0.208 e. The van der Waals surface area contributed by atoms with E-state index in [1.165, 1.54) is 6.20 Å². The number of aromatic hydroxyl groups is 1. The molecule has 14 heavy (non-hydrogen) atoms. The molecule has 0 radical (unpaired) electrons. The van der Waals surface area contributed by atoms with Crippen LogP contribution in [0.4, 0.5) is 0 Å². The first-order valence-electron chi connectivity index (χ1n) is 4.22. The van der Waals surface area contributed by atoms with Crippen molar-refractivity contribution in [1.29, 1.82) is 0 Å². The number of aromatic amines is 1. The van der Waals surface area contributed by atoms with Crippen molar-refractivity contribution in [2.75, 3.05) is 0 Å². The molecular formula is C10H9ClN2O. The second-order valence-electron chi connectivity index (χ2n) is 2.98. The summed E-state index contributed by atoms with van der Waals surface area (Å²) in [5.74, 6) is 0.780. The monoisotopic (exact) mass is 208 g/mol. The fourth-order valence-corrected chi connectivity index (χ4v) is 1.47. The first kappa shape index (κ1) is 9.09. The zero-order valence-corrected chi connectivity index (χ0v) is 8.12. The zero-order valence-electron chi connectivity index (χ0n) is 7.37. The number of benzene rings is 1. The van der Waals surface area contributed by atoms with E-state index in [2.05, 4.69) is 9.97 Å². The number of aromatic nitrogens is 2. The lowest BCUT2D eigenvalue weighted by Crippen LogP contribution is -1.91. The Labute approximate surface area is 86.4 Å². The average molecular weight is 209 g/mol. The summed E-state index contributed by atoms with van der Waals surface area (Å²) in [4.78, 5) is 6.73. The third kappa shape index (κ3) is 1.88. The molecule has 0 spiro atoms. The molecule has 0 bridgehead atoms. The van der Waals surface area contributed by atoms with Crippen LogP contribution in [0, 0.1) is 0 Å². The summed E-state index contributed by atoms with van der Waals surface area (Å²) in [5.41, 5.74) is 0.989. The van der Waals surface area contributed by atoms with E-state index in [0.29, 0.717) is 17.3 Å². The van der Waals surface area contributed by atoms with E-state index >= 15 is 0 Å². The zero-order chi connectivity index (χ0) is 9.97. The standard InChI is InChI=1S/C10H9ClN2O/c11-8-4-2-1-3-7(8)5-9-12-6-10(14)13-9/h1-4,6,14H,5H2,(H,12,13). The van der Waals surface area contributed by atoms with Gasteiger partial charge in [0.1, 0.15) is 5.82 Å². The van der Waals surface area contributed by atoms with E-state index < -0.39 is 0 Å². The normalized spacial score (nSPS) is 10.4. The molecule has 0 saturated heterocycles. The van der Waals surface area contributed by atoms with Crippen molar-refractivity contribution in [3.8, 4) is 5.88 Å². The molecule has 0 aliphatic heterocycles.